The Labute approximate surface area is 193 Å². The lowest BCUT2D eigenvalue weighted by molar-refractivity contribution is 0.102. The van der Waals surface area contributed by atoms with Gasteiger partial charge < -0.3 is 14.6 Å². The van der Waals surface area contributed by atoms with Gasteiger partial charge in [0.1, 0.15) is 10.9 Å². The second kappa shape index (κ2) is 9.76. The first-order chi connectivity index (χ1) is 15.4. The fraction of sp³-hybridized carbons (Fsp3) is 0.381. The molecule has 3 heterocycles. The number of aliphatic hydroxyl groups is 1. The minimum Gasteiger partial charge on any atom is -0.494 e. The van der Waals surface area contributed by atoms with Crippen LogP contribution < -0.4 is 14.8 Å². The molecule has 0 unspecified atom stereocenters. The molecule has 1 aliphatic rings. The second-order valence-corrected chi connectivity index (χ2v) is 8.88. The summed E-state index contributed by atoms with van der Waals surface area (Å²) in [6.07, 6.45) is 5.21. The van der Waals surface area contributed by atoms with Gasteiger partial charge >= 0.3 is 0 Å². The predicted molar refractivity (Wildman–Crippen MR) is 120 cm³/mol. The van der Waals surface area contributed by atoms with E-state index in [-0.39, 0.29) is 11.3 Å². The number of aromatic nitrogens is 4. The maximum atomic E-state index is 13.0. The van der Waals surface area contributed by atoms with E-state index in [1.807, 2.05) is 6.92 Å². The number of anilines is 1. The largest absolute Gasteiger partial charge is 0.494 e. The van der Waals surface area contributed by atoms with Crippen LogP contribution in [0.15, 0.2) is 24.5 Å². The Balaban J connectivity index is 1.51. The molecular weight excluding hydrogens is 454 g/mol. The van der Waals surface area contributed by atoms with Crippen LogP contribution in [0.3, 0.4) is 0 Å². The number of hydrogen-bond donors (Lipinski definition) is 2. The number of methoxy groups -OCH3 is 1. The summed E-state index contributed by atoms with van der Waals surface area (Å²) in [5, 5.41) is 21.3. The molecule has 9 nitrogen and oxygen atoms in total. The van der Waals surface area contributed by atoms with Gasteiger partial charge in [0, 0.05) is 23.0 Å². The molecule has 2 atom stereocenters. The summed E-state index contributed by atoms with van der Waals surface area (Å²) in [7, 11) is 1.53. The summed E-state index contributed by atoms with van der Waals surface area (Å²) in [5.74, 6) is 0.386. The standard InChI is InChI=1S/C21H22ClN5O4S/c1-11-5-14(15-7-18(22)24-9-17(15)30-2)16(8-23-11)19(29)25-20-26-27-21(32-20)31-10-12-3-4-13(28)6-12/h5,7-9,12-13,28H,3-4,6,10H2,1-2H3,(H,25,26,29)/t12-,13-/m1/s1. The van der Waals surface area contributed by atoms with Gasteiger partial charge in [-0.05, 0) is 55.6 Å². The first kappa shape index (κ1) is 22.4. The second-order valence-electron chi connectivity index (χ2n) is 7.55. The van der Waals surface area contributed by atoms with Crippen LogP contribution in [0.25, 0.3) is 11.1 Å². The van der Waals surface area contributed by atoms with E-state index in [1.54, 1.807) is 12.1 Å². The molecule has 0 aliphatic heterocycles. The molecule has 0 bridgehead atoms. The monoisotopic (exact) mass is 475 g/mol. The number of rotatable bonds is 7. The van der Waals surface area contributed by atoms with Crippen molar-refractivity contribution in [3.05, 3.63) is 40.9 Å². The fourth-order valence-corrected chi connectivity index (χ4v) is 4.38. The highest BCUT2D eigenvalue weighted by Crippen LogP contribution is 2.34. The first-order valence-electron chi connectivity index (χ1n) is 10.0. The van der Waals surface area contributed by atoms with Crippen LogP contribution in [0.2, 0.25) is 5.15 Å². The number of amides is 1. The zero-order chi connectivity index (χ0) is 22.7. The summed E-state index contributed by atoms with van der Waals surface area (Å²) >= 11 is 7.23. The number of nitrogens with one attached hydrogen (secondary N) is 1. The number of pyridine rings is 2. The molecule has 0 saturated heterocycles. The predicted octanol–water partition coefficient (Wildman–Crippen LogP) is 3.76. The number of carbonyl (C=O) groups is 1. The van der Waals surface area contributed by atoms with Crippen LogP contribution in [0.1, 0.15) is 35.3 Å². The molecule has 4 rings (SSSR count). The van der Waals surface area contributed by atoms with E-state index < -0.39 is 5.91 Å². The van der Waals surface area contributed by atoms with Gasteiger partial charge in [-0.2, -0.15) is 0 Å². The fourth-order valence-electron chi connectivity index (χ4n) is 3.63. The van der Waals surface area contributed by atoms with Gasteiger partial charge in [0.2, 0.25) is 5.13 Å². The Kier molecular flexibility index (Phi) is 6.83. The zero-order valence-electron chi connectivity index (χ0n) is 17.5. The Bertz CT molecular complexity index is 1130. The summed E-state index contributed by atoms with van der Waals surface area (Å²) in [4.78, 5) is 21.3. The number of aryl methyl sites for hydroxylation is 1. The number of carbonyl (C=O) groups excluding carboxylic acids is 1. The van der Waals surface area contributed by atoms with Crippen LogP contribution in [-0.2, 0) is 0 Å². The van der Waals surface area contributed by atoms with Crippen LogP contribution >= 0.6 is 22.9 Å². The van der Waals surface area contributed by atoms with Crippen molar-refractivity contribution in [2.75, 3.05) is 19.0 Å². The summed E-state index contributed by atoms with van der Waals surface area (Å²) < 4.78 is 11.1. The number of ether oxygens (including phenoxy) is 2. The summed E-state index contributed by atoms with van der Waals surface area (Å²) in [6, 6.07) is 3.43. The molecule has 3 aromatic heterocycles. The third kappa shape index (κ3) is 5.14. The molecule has 1 fully saturated rings. The summed E-state index contributed by atoms with van der Waals surface area (Å²) in [5.41, 5.74) is 2.30. The quantitative estimate of drug-likeness (QED) is 0.496. The third-order valence-corrected chi connectivity index (χ3v) is 6.17. The van der Waals surface area contributed by atoms with E-state index in [1.165, 1.54) is 19.5 Å². The Morgan fingerprint density at radius 3 is 2.84 bits per heavy atom. The van der Waals surface area contributed by atoms with Gasteiger partial charge in [-0.1, -0.05) is 16.7 Å². The van der Waals surface area contributed by atoms with Crippen molar-refractivity contribution in [3.63, 3.8) is 0 Å². The highest BCUT2D eigenvalue weighted by Gasteiger charge is 2.24. The highest BCUT2D eigenvalue weighted by molar-refractivity contribution is 7.17. The van der Waals surface area contributed by atoms with Gasteiger partial charge in [-0.15, -0.1) is 5.10 Å². The smallest absolute Gasteiger partial charge is 0.295 e. The SMILES string of the molecule is COc1cnc(Cl)cc1-c1cc(C)ncc1C(=O)Nc1nnc(OC[C@@H]2CC[C@@H](O)C2)s1. The number of nitrogens with zero attached hydrogens (tertiary/aromatic N) is 4. The van der Waals surface area contributed by atoms with Crippen molar-refractivity contribution >= 4 is 34.0 Å². The third-order valence-electron chi connectivity index (χ3n) is 5.21. The lowest BCUT2D eigenvalue weighted by atomic mass is 10.0. The van der Waals surface area contributed by atoms with Crippen molar-refractivity contribution in [2.24, 2.45) is 5.92 Å². The minimum absolute atomic E-state index is 0.251. The van der Waals surface area contributed by atoms with Gasteiger partial charge in [-0.3, -0.25) is 15.1 Å². The maximum Gasteiger partial charge on any atom is 0.295 e. The lowest BCUT2D eigenvalue weighted by Crippen LogP contribution is -2.14. The topological polar surface area (TPSA) is 119 Å². The van der Waals surface area contributed by atoms with Crippen LogP contribution in [0, 0.1) is 12.8 Å². The highest BCUT2D eigenvalue weighted by atomic mass is 35.5. The van der Waals surface area contributed by atoms with Crippen molar-refractivity contribution in [3.8, 4) is 22.1 Å². The van der Waals surface area contributed by atoms with Crippen molar-refractivity contribution in [2.45, 2.75) is 32.3 Å². The van der Waals surface area contributed by atoms with E-state index in [0.29, 0.717) is 45.3 Å². The van der Waals surface area contributed by atoms with Gasteiger partial charge in [0.05, 0.1) is 31.6 Å². The number of halogens is 1. The van der Waals surface area contributed by atoms with E-state index in [0.717, 1.165) is 36.3 Å². The number of aliphatic hydroxyl groups excluding tert-OH is 1. The molecule has 168 valence electrons. The average molecular weight is 476 g/mol. The first-order valence-corrected chi connectivity index (χ1v) is 11.2. The Morgan fingerprint density at radius 2 is 2.09 bits per heavy atom. The molecule has 0 spiro atoms. The maximum absolute atomic E-state index is 13.0. The molecule has 3 aromatic rings. The minimum atomic E-state index is -0.399. The van der Waals surface area contributed by atoms with E-state index in [4.69, 9.17) is 21.1 Å². The van der Waals surface area contributed by atoms with Crippen molar-refractivity contribution in [1.29, 1.82) is 0 Å². The van der Waals surface area contributed by atoms with Crippen molar-refractivity contribution < 1.29 is 19.4 Å². The van der Waals surface area contributed by atoms with E-state index >= 15 is 0 Å². The molecule has 32 heavy (non-hydrogen) atoms. The van der Waals surface area contributed by atoms with Crippen LogP contribution in [0.5, 0.6) is 10.9 Å². The number of hydrogen-bond acceptors (Lipinski definition) is 9. The van der Waals surface area contributed by atoms with Gasteiger partial charge in [0.25, 0.3) is 11.1 Å². The molecule has 11 heteroatoms. The van der Waals surface area contributed by atoms with Gasteiger partial charge in [0.15, 0.2) is 0 Å². The normalized spacial score (nSPS) is 17.9. The molecule has 1 saturated carbocycles. The molecular formula is C21H22ClN5O4S. The zero-order valence-corrected chi connectivity index (χ0v) is 19.1. The molecule has 0 aromatic carbocycles. The van der Waals surface area contributed by atoms with Crippen LogP contribution in [0.4, 0.5) is 5.13 Å². The van der Waals surface area contributed by atoms with Gasteiger partial charge in [-0.25, -0.2) is 4.98 Å². The molecule has 0 radical (unpaired) electrons. The van der Waals surface area contributed by atoms with Crippen LogP contribution in [-0.4, -0.2) is 51.0 Å². The van der Waals surface area contributed by atoms with Crippen molar-refractivity contribution in [1.82, 2.24) is 20.2 Å². The van der Waals surface area contributed by atoms with E-state index in [2.05, 4.69) is 25.5 Å². The summed E-state index contributed by atoms with van der Waals surface area (Å²) in [6.45, 7) is 2.30. The lowest BCUT2D eigenvalue weighted by Gasteiger charge is -2.13. The van der Waals surface area contributed by atoms with E-state index in [9.17, 15) is 9.90 Å². The average Bonchev–Trinajstić information content (AvgIpc) is 3.40. The molecule has 1 amide bonds. The molecule has 1 aliphatic carbocycles. The Morgan fingerprint density at radius 1 is 1.25 bits per heavy atom. The Hall–Kier alpha value is -2.82. The molecule has 2 N–H and O–H groups in total.